The molecule has 5 nitrogen and oxygen atoms in total. The van der Waals surface area contributed by atoms with E-state index in [0.29, 0.717) is 31.4 Å². The molecule has 1 aromatic carbocycles. The predicted octanol–water partition coefficient (Wildman–Crippen LogP) is 0.895. The van der Waals surface area contributed by atoms with E-state index in [-0.39, 0.29) is 23.5 Å². The maximum absolute atomic E-state index is 11.9. The minimum atomic E-state index is -2.88. The van der Waals surface area contributed by atoms with E-state index in [1.807, 2.05) is 24.3 Å². The summed E-state index contributed by atoms with van der Waals surface area (Å²) in [6, 6.07) is 7.48. The Kier molecular flexibility index (Phi) is 4.65. The van der Waals surface area contributed by atoms with E-state index < -0.39 is 9.84 Å². The number of nitrogens with one attached hydrogen (secondary N) is 1. The second-order valence-corrected chi connectivity index (χ2v) is 7.50. The molecule has 1 saturated heterocycles. The van der Waals surface area contributed by atoms with Crippen LogP contribution in [0.5, 0.6) is 0 Å². The highest BCUT2D eigenvalue weighted by atomic mass is 32.2. The molecule has 2 rings (SSSR count). The summed E-state index contributed by atoms with van der Waals surface area (Å²) in [5.41, 5.74) is 7.49. The third-order valence-electron chi connectivity index (χ3n) is 3.60. The van der Waals surface area contributed by atoms with Gasteiger partial charge >= 0.3 is 0 Å². The molecule has 1 amide bonds. The number of rotatable bonds is 4. The Hall–Kier alpha value is -1.56. The number of para-hydroxylation sites is 1. The monoisotopic (exact) mass is 296 g/mol. The molecule has 0 radical (unpaired) electrons. The molecule has 110 valence electrons. The van der Waals surface area contributed by atoms with Crippen molar-refractivity contribution in [1.29, 1.82) is 0 Å². The van der Waals surface area contributed by atoms with Gasteiger partial charge in [-0.3, -0.25) is 4.79 Å². The largest absolute Gasteiger partial charge is 0.399 e. The first kappa shape index (κ1) is 14.8. The van der Waals surface area contributed by atoms with Gasteiger partial charge in [-0.1, -0.05) is 18.2 Å². The first-order valence-corrected chi connectivity index (χ1v) is 8.61. The average Bonchev–Trinajstić information content (AvgIpc) is 2.40. The number of benzene rings is 1. The number of nitrogen functional groups attached to an aromatic ring is 1. The number of hydrogen-bond acceptors (Lipinski definition) is 4. The van der Waals surface area contributed by atoms with Crippen molar-refractivity contribution >= 4 is 21.4 Å². The van der Waals surface area contributed by atoms with Gasteiger partial charge < -0.3 is 11.1 Å². The summed E-state index contributed by atoms with van der Waals surface area (Å²) in [7, 11) is -2.88. The number of nitrogens with two attached hydrogens (primary N) is 1. The molecule has 0 atom stereocenters. The Morgan fingerprint density at radius 1 is 1.25 bits per heavy atom. The van der Waals surface area contributed by atoms with Crippen molar-refractivity contribution in [1.82, 2.24) is 5.32 Å². The number of hydrogen-bond donors (Lipinski definition) is 2. The highest BCUT2D eigenvalue weighted by Crippen LogP contribution is 2.14. The molecule has 0 bridgehead atoms. The zero-order chi connectivity index (χ0) is 14.6. The molecule has 1 heterocycles. The summed E-state index contributed by atoms with van der Waals surface area (Å²) in [6.07, 6.45) is 2.00. The number of anilines is 1. The van der Waals surface area contributed by atoms with Crippen LogP contribution < -0.4 is 11.1 Å². The zero-order valence-corrected chi connectivity index (χ0v) is 12.2. The summed E-state index contributed by atoms with van der Waals surface area (Å²) in [5.74, 6) is 0.297. The number of amides is 1. The van der Waals surface area contributed by atoms with Crippen molar-refractivity contribution in [2.45, 2.75) is 31.7 Å². The Morgan fingerprint density at radius 2 is 1.90 bits per heavy atom. The quantitative estimate of drug-likeness (QED) is 0.808. The lowest BCUT2D eigenvalue weighted by atomic mass is 10.1. The molecule has 3 N–H and O–H groups in total. The second kappa shape index (κ2) is 6.26. The Balaban J connectivity index is 1.78. The van der Waals surface area contributed by atoms with Gasteiger partial charge in [0.05, 0.1) is 11.5 Å². The van der Waals surface area contributed by atoms with Crippen LogP contribution in [0.1, 0.15) is 24.8 Å². The fraction of sp³-hybridized carbons (Fsp3) is 0.500. The van der Waals surface area contributed by atoms with Crippen molar-refractivity contribution < 1.29 is 13.2 Å². The van der Waals surface area contributed by atoms with Gasteiger partial charge in [-0.25, -0.2) is 8.42 Å². The minimum absolute atomic E-state index is 0.0147. The Morgan fingerprint density at radius 3 is 2.55 bits per heavy atom. The topological polar surface area (TPSA) is 89.3 Å². The smallest absolute Gasteiger partial charge is 0.220 e. The van der Waals surface area contributed by atoms with Crippen LogP contribution in [0.25, 0.3) is 0 Å². The molecule has 0 aromatic heterocycles. The average molecular weight is 296 g/mol. The first-order chi connectivity index (χ1) is 9.46. The van der Waals surface area contributed by atoms with Gasteiger partial charge in [0.1, 0.15) is 9.84 Å². The maximum Gasteiger partial charge on any atom is 0.220 e. The van der Waals surface area contributed by atoms with Gasteiger partial charge in [-0.05, 0) is 30.9 Å². The van der Waals surface area contributed by atoms with Gasteiger partial charge in [0, 0.05) is 18.2 Å². The molecule has 1 aliphatic heterocycles. The minimum Gasteiger partial charge on any atom is -0.399 e. The third-order valence-corrected chi connectivity index (χ3v) is 5.31. The molecule has 20 heavy (non-hydrogen) atoms. The molecule has 1 aliphatic rings. The van der Waals surface area contributed by atoms with Crippen molar-refractivity contribution in [2.75, 3.05) is 17.2 Å². The number of carbonyl (C=O) groups is 1. The third kappa shape index (κ3) is 4.23. The van der Waals surface area contributed by atoms with Gasteiger partial charge in [-0.15, -0.1) is 0 Å². The van der Waals surface area contributed by atoms with Crippen LogP contribution in [0.15, 0.2) is 24.3 Å². The summed E-state index contributed by atoms with van der Waals surface area (Å²) in [5, 5.41) is 2.90. The van der Waals surface area contributed by atoms with Gasteiger partial charge in [-0.2, -0.15) is 0 Å². The van der Waals surface area contributed by atoms with Gasteiger partial charge in [0.15, 0.2) is 0 Å². The van der Waals surface area contributed by atoms with Gasteiger partial charge in [0.25, 0.3) is 0 Å². The van der Waals surface area contributed by atoms with E-state index in [9.17, 15) is 13.2 Å². The van der Waals surface area contributed by atoms with E-state index in [1.54, 1.807) is 0 Å². The number of aryl methyl sites for hydroxylation is 1. The molecule has 1 aromatic rings. The summed E-state index contributed by atoms with van der Waals surface area (Å²) in [6.45, 7) is 0. The highest BCUT2D eigenvalue weighted by Gasteiger charge is 2.24. The number of carbonyl (C=O) groups excluding carboxylic acids is 1. The Bertz CT molecular complexity index is 570. The van der Waals surface area contributed by atoms with Crippen LogP contribution in [0, 0.1) is 0 Å². The molecule has 0 unspecified atom stereocenters. The molecule has 0 spiro atoms. The van der Waals surface area contributed by atoms with Crippen LogP contribution in [0.3, 0.4) is 0 Å². The van der Waals surface area contributed by atoms with Crippen LogP contribution in [0.2, 0.25) is 0 Å². The van der Waals surface area contributed by atoms with Crippen LogP contribution in [0.4, 0.5) is 5.69 Å². The molecular weight excluding hydrogens is 276 g/mol. The second-order valence-electron chi connectivity index (χ2n) is 5.19. The Labute approximate surface area is 119 Å². The molecule has 1 fully saturated rings. The van der Waals surface area contributed by atoms with Crippen molar-refractivity contribution in [2.24, 2.45) is 0 Å². The lowest BCUT2D eigenvalue weighted by Gasteiger charge is -2.23. The summed E-state index contributed by atoms with van der Waals surface area (Å²) >= 11 is 0. The summed E-state index contributed by atoms with van der Waals surface area (Å²) in [4.78, 5) is 11.9. The normalized spacial score (nSPS) is 18.6. The van der Waals surface area contributed by atoms with Crippen LogP contribution >= 0.6 is 0 Å². The summed E-state index contributed by atoms with van der Waals surface area (Å²) < 4.78 is 22.6. The predicted molar refractivity (Wildman–Crippen MR) is 79.0 cm³/mol. The van der Waals surface area contributed by atoms with Crippen molar-refractivity contribution in [3.05, 3.63) is 29.8 Å². The lowest BCUT2D eigenvalue weighted by molar-refractivity contribution is -0.121. The fourth-order valence-corrected chi connectivity index (χ4v) is 3.84. The van der Waals surface area contributed by atoms with Crippen LogP contribution in [-0.2, 0) is 21.1 Å². The van der Waals surface area contributed by atoms with Crippen LogP contribution in [-0.4, -0.2) is 31.9 Å². The maximum atomic E-state index is 11.9. The van der Waals surface area contributed by atoms with Crippen molar-refractivity contribution in [3.8, 4) is 0 Å². The fourth-order valence-electron chi connectivity index (χ4n) is 2.34. The van der Waals surface area contributed by atoms with Gasteiger partial charge in [0.2, 0.25) is 5.91 Å². The van der Waals surface area contributed by atoms with E-state index in [0.717, 1.165) is 5.56 Å². The van der Waals surface area contributed by atoms with E-state index in [4.69, 9.17) is 5.73 Å². The molecule has 0 aliphatic carbocycles. The van der Waals surface area contributed by atoms with Crippen molar-refractivity contribution in [3.63, 3.8) is 0 Å². The standard InChI is InChI=1S/C14H20N2O3S/c15-13-4-2-1-3-11(13)5-6-14(17)16-12-7-9-20(18,19)10-8-12/h1-4,12H,5-10,15H2,(H,16,17). The number of sulfone groups is 1. The first-order valence-electron chi connectivity index (χ1n) is 6.79. The SMILES string of the molecule is Nc1ccccc1CCC(=O)NC1CCS(=O)(=O)CC1. The van der Waals surface area contributed by atoms with E-state index in [1.165, 1.54) is 0 Å². The molecule has 6 heteroatoms. The molecule has 0 saturated carbocycles. The molecular formula is C14H20N2O3S. The van der Waals surface area contributed by atoms with E-state index >= 15 is 0 Å². The lowest BCUT2D eigenvalue weighted by Crippen LogP contribution is -2.40. The van der Waals surface area contributed by atoms with E-state index in [2.05, 4.69) is 5.32 Å². The highest BCUT2D eigenvalue weighted by molar-refractivity contribution is 7.91. The zero-order valence-electron chi connectivity index (χ0n) is 11.3.